The summed E-state index contributed by atoms with van der Waals surface area (Å²) in [6, 6.07) is 15.9. The van der Waals surface area contributed by atoms with Crippen LogP contribution >= 0.6 is 0 Å². The van der Waals surface area contributed by atoms with Crippen molar-refractivity contribution in [2.45, 2.75) is 0 Å². The van der Waals surface area contributed by atoms with E-state index in [2.05, 4.69) is 31.3 Å². The average Bonchev–Trinajstić information content (AvgIpc) is 3.23. The first-order valence-corrected chi connectivity index (χ1v) is 7.85. The molecule has 27 heavy (non-hydrogen) atoms. The molecule has 1 aromatic heterocycles. The fraction of sp³-hybridized carbons (Fsp3) is 0.0556. The summed E-state index contributed by atoms with van der Waals surface area (Å²) in [5.41, 5.74) is 2.06. The van der Waals surface area contributed by atoms with Gasteiger partial charge in [-0.15, -0.1) is 10.2 Å². The molecular formula is C18H15N7O2. The van der Waals surface area contributed by atoms with E-state index in [4.69, 9.17) is 10.00 Å². The Balaban J connectivity index is 1.66. The largest absolute Gasteiger partial charge is 0.497 e. The standard InChI is InChI=1S/C18H15N7O2/c1-27-16-4-2-3-15(9-16)21-18(26)12-5-7-14(8-6-12)20-11-13(10-19)17-22-24-25-23-17/h2-9,11,20H,1H3,(H,21,26)(H,22,23,24,25). The zero-order valence-electron chi connectivity index (χ0n) is 14.3. The third kappa shape index (κ3) is 4.46. The van der Waals surface area contributed by atoms with E-state index in [1.165, 1.54) is 6.20 Å². The van der Waals surface area contributed by atoms with Gasteiger partial charge in [-0.3, -0.25) is 4.79 Å². The fourth-order valence-corrected chi connectivity index (χ4v) is 2.20. The van der Waals surface area contributed by atoms with E-state index >= 15 is 0 Å². The summed E-state index contributed by atoms with van der Waals surface area (Å²) in [5, 5.41) is 28.1. The third-order valence-electron chi connectivity index (χ3n) is 3.56. The Hall–Kier alpha value is -4.19. The number of allylic oxidation sites excluding steroid dienone is 1. The van der Waals surface area contributed by atoms with Crippen molar-refractivity contribution in [3.8, 4) is 11.8 Å². The number of hydrogen-bond acceptors (Lipinski definition) is 7. The number of methoxy groups -OCH3 is 1. The number of nitrogens with zero attached hydrogens (tertiary/aromatic N) is 4. The van der Waals surface area contributed by atoms with Crippen LogP contribution in [0.3, 0.4) is 0 Å². The van der Waals surface area contributed by atoms with Crippen LogP contribution in [-0.4, -0.2) is 33.6 Å². The molecule has 0 bridgehead atoms. The van der Waals surface area contributed by atoms with Crippen molar-refractivity contribution in [2.24, 2.45) is 0 Å². The Morgan fingerprint density at radius 3 is 2.70 bits per heavy atom. The first kappa shape index (κ1) is 17.6. The van der Waals surface area contributed by atoms with Crippen molar-refractivity contribution >= 4 is 22.9 Å². The van der Waals surface area contributed by atoms with Gasteiger partial charge in [-0.25, -0.2) is 0 Å². The smallest absolute Gasteiger partial charge is 0.255 e. The number of H-pyrrole nitrogens is 1. The first-order chi connectivity index (χ1) is 13.2. The molecule has 3 aromatic rings. The monoisotopic (exact) mass is 361 g/mol. The third-order valence-corrected chi connectivity index (χ3v) is 3.56. The summed E-state index contributed by atoms with van der Waals surface area (Å²) >= 11 is 0. The lowest BCUT2D eigenvalue weighted by Gasteiger charge is -2.08. The Morgan fingerprint density at radius 1 is 1.22 bits per heavy atom. The fourth-order valence-electron chi connectivity index (χ4n) is 2.20. The molecule has 0 aliphatic rings. The van der Waals surface area contributed by atoms with Crippen LogP contribution in [0.2, 0.25) is 0 Å². The molecule has 0 fully saturated rings. The molecule has 0 spiro atoms. The normalized spacial score (nSPS) is 10.7. The molecule has 9 heteroatoms. The Bertz CT molecular complexity index is 989. The summed E-state index contributed by atoms with van der Waals surface area (Å²) < 4.78 is 5.14. The van der Waals surface area contributed by atoms with Gasteiger partial charge in [0.25, 0.3) is 5.91 Å². The second-order valence-electron chi connectivity index (χ2n) is 5.31. The maximum atomic E-state index is 12.3. The molecule has 0 unspecified atom stereocenters. The highest BCUT2D eigenvalue weighted by atomic mass is 16.5. The molecule has 3 N–H and O–H groups in total. The van der Waals surface area contributed by atoms with Crippen molar-refractivity contribution in [2.75, 3.05) is 17.7 Å². The maximum absolute atomic E-state index is 12.3. The number of anilines is 2. The zero-order valence-corrected chi connectivity index (χ0v) is 14.3. The van der Waals surface area contributed by atoms with Gasteiger partial charge in [0.2, 0.25) is 5.82 Å². The van der Waals surface area contributed by atoms with E-state index in [1.54, 1.807) is 55.6 Å². The predicted molar refractivity (Wildman–Crippen MR) is 98.8 cm³/mol. The lowest BCUT2D eigenvalue weighted by atomic mass is 10.2. The molecule has 0 aliphatic carbocycles. The van der Waals surface area contributed by atoms with Gasteiger partial charge in [0, 0.05) is 29.2 Å². The van der Waals surface area contributed by atoms with Crippen molar-refractivity contribution in [1.82, 2.24) is 20.6 Å². The number of ether oxygens (including phenoxy) is 1. The van der Waals surface area contributed by atoms with Gasteiger partial charge in [-0.2, -0.15) is 10.5 Å². The Labute approximate surface area is 154 Å². The van der Waals surface area contributed by atoms with Crippen molar-refractivity contribution in [3.63, 3.8) is 0 Å². The van der Waals surface area contributed by atoms with Crippen LogP contribution in [0, 0.1) is 11.3 Å². The Kier molecular flexibility index (Phi) is 5.39. The molecule has 0 radical (unpaired) electrons. The topological polar surface area (TPSA) is 129 Å². The summed E-state index contributed by atoms with van der Waals surface area (Å²) in [7, 11) is 1.57. The van der Waals surface area contributed by atoms with E-state index in [-0.39, 0.29) is 17.3 Å². The first-order valence-electron chi connectivity index (χ1n) is 7.85. The molecule has 1 amide bonds. The van der Waals surface area contributed by atoms with Crippen molar-refractivity contribution < 1.29 is 9.53 Å². The summed E-state index contributed by atoms with van der Waals surface area (Å²) in [6.07, 6.45) is 1.47. The number of rotatable bonds is 6. The number of aromatic nitrogens is 4. The van der Waals surface area contributed by atoms with Gasteiger partial charge >= 0.3 is 0 Å². The van der Waals surface area contributed by atoms with Gasteiger partial charge in [-0.05, 0) is 41.6 Å². The molecule has 1 heterocycles. The van der Waals surface area contributed by atoms with Crippen LogP contribution in [0.15, 0.2) is 54.7 Å². The minimum absolute atomic E-state index is 0.194. The number of carbonyl (C=O) groups is 1. The summed E-state index contributed by atoms with van der Waals surface area (Å²) in [5.74, 6) is 0.614. The lowest BCUT2D eigenvalue weighted by Crippen LogP contribution is -2.11. The van der Waals surface area contributed by atoms with Crippen LogP contribution in [-0.2, 0) is 0 Å². The van der Waals surface area contributed by atoms with Crippen LogP contribution in [0.5, 0.6) is 5.75 Å². The highest BCUT2D eigenvalue weighted by Crippen LogP contribution is 2.18. The molecule has 0 saturated carbocycles. The van der Waals surface area contributed by atoms with Crippen molar-refractivity contribution in [1.29, 1.82) is 5.26 Å². The van der Waals surface area contributed by atoms with Gasteiger partial charge < -0.3 is 15.4 Å². The number of benzene rings is 2. The number of tetrazole rings is 1. The summed E-state index contributed by atoms with van der Waals surface area (Å²) in [6.45, 7) is 0. The van der Waals surface area contributed by atoms with Crippen LogP contribution in [0.1, 0.15) is 16.2 Å². The number of nitriles is 1. The molecule has 9 nitrogen and oxygen atoms in total. The van der Waals surface area contributed by atoms with Crippen LogP contribution in [0.25, 0.3) is 5.57 Å². The van der Waals surface area contributed by atoms with E-state index in [0.717, 1.165) is 0 Å². The summed E-state index contributed by atoms with van der Waals surface area (Å²) in [4.78, 5) is 12.3. The number of carbonyl (C=O) groups excluding carboxylic acids is 1. The highest BCUT2D eigenvalue weighted by molar-refractivity contribution is 6.04. The predicted octanol–water partition coefficient (Wildman–Crippen LogP) is 2.44. The zero-order chi connectivity index (χ0) is 19.1. The number of amides is 1. The molecule has 0 saturated heterocycles. The van der Waals surface area contributed by atoms with Gasteiger partial charge in [0.1, 0.15) is 17.4 Å². The second kappa shape index (κ2) is 8.26. The SMILES string of the molecule is COc1cccc(NC(=O)c2ccc(NC=C(C#N)c3nn[nH]n3)cc2)c1. The molecule has 0 aliphatic heterocycles. The molecule has 134 valence electrons. The molecule has 0 atom stereocenters. The minimum Gasteiger partial charge on any atom is -0.497 e. The molecular weight excluding hydrogens is 346 g/mol. The van der Waals surface area contributed by atoms with E-state index in [0.29, 0.717) is 22.7 Å². The molecule has 2 aromatic carbocycles. The van der Waals surface area contributed by atoms with Crippen LogP contribution in [0.4, 0.5) is 11.4 Å². The quantitative estimate of drug-likeness (QED) is 0.575. The number of aromatic amines is 1. The highest BCUT2D eigenvalue weighted by Gasteiger charge is 2.08. The Morgan fingerprint density at radius 2 is 2.04 bits per heavy atom. The lowest BCUT2D eigenvalue weighted by molar-refractivity contribution is 0.102. The molecule has 3 rings (SSSR count). The van der Waals surface area contributed by atoms with Crippen LogP contribution < -0.4 is 15.4 Å². The van der Waals surface area contributed by atoms with Gasteiger partial charge in [0.05, 0.1) is 7.11 Å². The second-order valence-corrected chi connectivity index (χ2v) is 5.31. The average molecular weight is 361 g/mol. The van der Waals surface area contributed by atoms with E-state index in [9.17, 15) is 4.79 Å². The minimum atomic E-state index is -0.241. The van der Waals surface area contributed by atoms with Gasteiger partial charge in [0.15, 0.2) is 0 Å². The van der Waals surface area contributed by atoms with E-state index < -0.39 is 0 Å². The van der Waals surface area contributed by atoms with Crippen molar-refractivity contribution in [3.05, 3.63) is 66.1 Å². The number of hydrogen-bond donors (Lipinski definition) is 3. The van der Waals surface area contributed by atoms with Gasteiger partial charge in [-0.1, -0.05) is 6.07 Å². The number of nitrogens with one attached hydrogen (secondary N) is 3. The maximum Gasteiger partial charge on any atom is 0.255 e. The van der Waals surface area contributed by atoms with E-state index in [1.807, 2.05) is 6.07 Å².